The van der Waals surface area contributed by atoms with Gasteiger partial charge in [0, 0.05) is 18.9 Å². The zero-order valence-electron chi connectivity index (χ0n) is 16.4. The van der Waals surface area contributed by atoms with E-state index < -0.39 is 0 Å². The van der Waals surface area contributed by atoms with Crippen molar-refractivity contribution in [3.8, 4) is 5.75 Å². The molecule has 2 aromatic rings. The molecule has 29 heavy (non-hydrogen) atoms. The van der Waals surface area contributed by atoms with E-state index in [-0.39, 0.29) is 41.5 Å². The lowest BCUT2D eigenvalue weighted by molar-refractivity contribution is -0.133. The summed E-state index contributed by atoms with van der Waals surface area (Å²) in [7, 11) is 1.65. The Bertz CT molecular complexity index is 915. The molecule has 1 aliphatic carbocycles. The van der Waals surface area contributed by atoms with E-state index in [0.29, 0.717) is 13.0 Å². The molecule has 0 bridgehead atoms. The molecule has 1 saturated carbocycles. The average molecular weight is 391 g/mol. The summed E-state index contributed by atoms with van der Waals surface area (Å²) < 4.78 is 5.25. The van der Waals surface area contributed by atoms with Crippen molar-refractivity contribution in [2.24, 2.45) is 17.8 Å². The van der Waals surface area contributed by atoms with Crippen LogP contribution in [0.4, 0.5) is 5.69 Å². The molecule has 0 radical (unpaired) electrons. The largest absolute Gasteiger partial charge is 0.497 e. The van der Waals surface area contributed by atoms with Crippen LogP contribution in [0.5, 0.6) is 5.75 Å². The van der Waals surface area contributed by atoms with Crippen LogP contribution < -0.4 is 20.5 Å². The Morgan fingerprint density at radius 1 is 1.03 bits per heavy atom. The Morgan fingerprint density at radius 2 is 1.79 bits per heavy atom. The number of ether oxygens (including phenoxy) is 1. The highest BCUT2D eigenvalue weighted by atomic mass is 16.5. The van der Waals surface area contributed by atoms with Gasteiger partial charge in [-0.1, -0.05) is 30.3 Å². The first-order valence-electron chi connectivity index (χ1n) is 10.2. The van der Waals surface area contributed by atoms with Gasteiger partial charge < -0.3 is 4.74 Å². The van der Waals surface area contributed by atoms with E-state index in [2.05, 4.69) is 10.7 Å². The van der Waals surface area contributed by atoms with Crippen molar-refractivity contribution in [3.05, 3.63) is 60.2 Å². The third-order valence-corrected chi connectivity index (χ3v) is 6.69. The summed E-state index contributed by atoms with van der Waals surface area (Å²) in [4.78, 5) is 26.3. The van der Waals surface area contributed by atoms with Crippen molar-refractivity contribution < 1.29 is 14.3 Å². The van der Waals surface area contributed by atoms with Gasteiger partial charge in [0.05, 0.1) is 24.9 Å². The zero-order valence-corrected chi connectivity index (χ0v) is 16.4. The van der Waals surface area contributed by atoms with E-state index in [9.17, 15) is 9.59 Å². The molecule has 0 spiro atoms. The summed E-state index contributed by atoms with van der Waals surface area (Å²) in [5, 5.41) is 5.04. The number of carbonyl (C=O) groups is 2. The summed E-state index contributed by atoms with van der Waals surface area (Å²) in [6.45, 7) is 0.628. The number of nitrogens with one attached hydrogen (secondary N) is 2. The number of anilines is 1. The van der Waals surface area contributed by atoms with Crippen LogP contribution in [0.2, 0.25) is 0 Å². The third kappa shape index (κ3) is 3.12. The normalized spacial score (nSPS) is 31.3. The zero-order chi connectivity index (χ0) is 20.0. The van der Waals surface area contributed by atoms with Gasteiger partial charge in [0.25, 0.3) is 0 Å². The predicted molar refractivity (Wildman–Crippen MR) is 109 cm³/mol. The number of rotatable bonds is 3. The molecule has 5 atom stereocenters. The van der Waals surface area contributed by atoms with Gasteiger partial charge in [-0.05, 0) is 48.1 Å². The molecule has 3 aliphatic rings. The maximum atomic E-state index is 13.3. The first-order valence-corrected chi connectivity index (χ1v) is 10.2. The van der Waals surface area contributed by atoms with Crippen LogP contribution in [0.25, 0.3) is 0 Å². The SMILES string of the molecule is COc1ccc(C2CC(=O)C3CNC4NN(c5ccccc5)C(=O)C4C3C2)cc1. The minimum absolute atomic E-state index is 0.0447. The first kappa shape index (κ1) is 18.3. The summed E-state index contributed by atoms with van der Waals surface area (Å²) in [5.74, 6) is 0.983. The molecule has 1 amide bonds. The summed E-state index contributed by atoms with van der Waals surface area (Å²) in [6, 6.07) is 17.6. The molecular formula is C23H25N3O3. The Morgan fingerprint density at radius 3 is 2.52 bits per heavy atom. The predicted octanol–water partition coefficient (Wildman–Crippen LogP) is 2.47. The Kier molecular flexibility index (Phi) is 4.60. The van der Waals surface area contributed by atoms with Crippen LogP contribution in [0.3, 0.4) is 0 Å². The molecule has 0 aromatic heterocycles. The van der Waals surface area contributed by atoms with Crippen molar-refractivity contribution >= 4 is 17.4 Å². The molecule has 6 nitrogen and oxygen atoms in total. The van der Waals surface area contributed by atoms with Gasteiger partial charge in [0.15, 0.2) is 0 Å². The molecule has 150 valence electrons. The number of nitrogens with zero attached hydrogens (tertiary/aromatic N) is 1. The van der Waals surface area contributed by atoms with Crippen LogP contribution in [0.15, 0.2) is 54.6 Å². The second-order valence-electron chi connectivity index (χ2n) is 8.20. The molecule has 6 heteroatoms. The lowest BCUT2D eigenvalue weighted by Crippen LogP contribution is -2.57. The molecule has 3 fully saturated rings. The number of amides is 1. The number of carbonyl (C=O) groups excluding carboxylic acids is 2. The number of benzene rings is 2. The Labute approximate surface area is 170 Å². The molecule has 2 N–H and O–H groups in total. The van der Waals surface area contributed by atoms with Crippen molar-refractivity contribution in [2.45, 2.75) is 24.9 Å². The lowest BCUT2D eigenvalue weighted by atomic mass is 9.64. The molecule has 2 aromatic carbocycles. The van der Waals surface area contributed by atoms with Crippen LogP contribution in [0.1, 0.15) is 24.3 Å². The fourth-order valence-corrected chi connectivity index (χ4v) is 5.21. The smallest absolute Gasteiger partial charge is 0.247 e. The number of methoxy groups -OCH3 is 1. The summed E-state index contributed by atoms with van der Waals surface area (Å²) in [6.07, 6.45) is 1.25. The second-order valence-corrected chi connectivity index (χ2v) is 8.20. The third-order valence-electron chi connectivity index (χ3n) is 6.69. The van der Waals surface area contributed by atoms with E-state index >= 15 is 0 Å². The average Bonchev–Trinajstić information content (AvgIpc) is 3.11. The minimum atomic E-state index is -0.237. The molecule has 2 aliphatic heterocycles. The second kappa shape index (κ2) is 7.28. The van der Waals surface area contributed by atoms with Crippen LogP contribution >= 0.6 is 0 Å². The number of Topliss-reactive ketones (excluding diaryl/α,β-unsaturated/α-hetero) is 1. The van der Waals surface area contributed by atoms with Gasteiger partial charge in [-0.2, -0.15) is 0 Å². The summed E-state index contributed by atoms with van der Waals surface area (Å²) in [5.41, 5.74) is 5.30. The number of fused-ring (bicyclic) bond motifs is 3. The topological polar surface area (TPSA) is 70.7 Å². The molecule has 2 heterocycles. The molecule has 5 rings (SSSR count). The Hall–Kier alpha value is -2.70. The summed E-state index contributed by atoms with van der Waals surface area (Å²) >= 11 is 0. The van der Waals surface area contributed by atoms with Crippen LogP contribution in [0, 0.1) is 17.8 Å². The number of piperidine rings is 1. The molecule has 5 unspecified atom stereocenters. The van der Waals surface area contributed by atoms with Gasteiger partial charge in [-0.3, -0.25) is 14.9 Å². The number of hydrogen-bond donors (Lipinski definition) is 2. The van der Waals surface area contributed by atoms with Crippen molar-refractivity contribution in [1.82, 2.24) is 10.7 Å². The van der Waals surface area contributed by atoms with Gasteiger partial charge in [-0.25, -0.2) is 10.4 Å². The lowest BCUT2D eigenvalue weighted by Gasteiger charge is -2.43. The first-order chi connectivity index (χ1) is 14.2. The van der Waals surface area contributed by atoms with E-state index in [1.807, 2.05) is 54.6 Å². The monoisotopic (exact) mass is 391 g/mol. The minimum Gasteiger partial charge on any atom is -0.497 e. The van der Waals surface area contributed by atoms with E-state index in [0.717, 1.165) is 23.4 Å². The van der Waals surface area contributed by atoms with Crippen molar-refractivity contribution in [2.75, 3.05) is 18.7 Å². The van der Waals surface area contributed by atoms with Gasteiger partial charge in [-0.15, -0.1) is 0 Å². The number of para-hydroxylation sites is 1. The van der Waals surface area contributed by atoms with E-state index in [1.165, 1.54) is 0 Å². The maximum absolute atomic E-state index is 13.3. The maximum Gasteiger partial charge on any atom is 0.247 e. The number of hydrogen-bond acceptors (Lipinski definition) is 5. The number of hydrazine groups is 1. The van der Waals surface area contributed by atoms with Gasteiger partial charge >= 0.3 is 0 Å². The highest BCUT2D eigenvalue weighted by molar-refractivity contribution is 5.98. The quantitative estimate of drug-likeness (QED) is 0.841. The van der Waals surface area contributed by atoms with Gasteiger partial charge in [0.1, 0.15) is 11.5 Å². The van der Waals surface area contributed by atoms with Crippen molar-refractivity contribution in [3.63, 3.8) is 0 Å². The van der Waals surface area contributed by atoms with Crippen LogP contribution in [-0.2, 0) is 9.59 Å². The Balaban J connectivity index is 1.41. The fourth-order valence-electron chi connectivity index (χ4n) is 5.21. The van der Waals surface area contributed by atoms with E-state index in [4.69, 9.17) is 4.74 Å². The molecular weight excluding hydrogens is 366 g/mol. The van der Waals surface area contributed by atoms with Crippen molar-refractivity contribution in [1.29, 1.82) is 0 Å². The molecule has 2 saturated heterocycles. The fraction of sp³-hybridized carbons (Fsp3) is 0.391. The number of ketones is 1. The van der Waals surface area contributed by atoms with Crippen LogP contribution in [-0.4, -0.2) is 31.5 Å². The van der Waals surface area contributed by atoms with E-state index in [1.54, 1.807) is 12.1 Å². The highest BCUT2D eigenvalue weighted by Gasteiger charge is 2.54. The standard InChI is InChI=1S/C23H25N3O3/c1-29-17-9-7-14(8-10-17)15-11-18-19(20(27)12-15)13-24-22-21(18)23(28)26(25-22)16-5-3-2-4-6-16/h2-10,15,18-19,21-22,24-25H,11-13H2,1H3. The van der Waals surface area contributed by atoms with Gasteiger partial charge in [0.2, 0.25) is 5.91 Å². The highest BCUT2D eigenvalue weighted by Crippen LogP contribution is 2.45.